The zero-order valence-electron chi connectivity index (χ0n) is 9.33. The maximum atomic E-state index is 5.39. The largest absolute Gasteiger partial charge is 0.377 e. The zero-order chi connectivity index (χ0) is 10.5. The van der Waals surface area contributed by atoms with Gasteiger partial charge in [-0.3, -0.25) is 0 Å². The van der Waals surface area contributed by atoms with Gasteiger partial charge in [-0.1, -0.05) is 24.3 Å². The molecular weight excluding hydrogens is 186 g/mol. The number of ether oxygens (including phenoxy) is 1. The van der Waals surface area contributed by atoms with Crippen LogP contribution in [-0.4, -0.2) is 12.6 Å². The highest BCUT2D eigenvalue weighted by Gasteiger charge is 2.19. The number of rotatable bonds is 6. The van der Waals surface area contributed by atoms with Gasteiger partial charge in [-0.15, -0.1) is 0 Å². The summed E-state index contributed by atoms with van der Waals surface area (Å²) in [5.41, 5.74) is 2.63. The topological polar surface area (TPSA) is 21.3 Å². The highest BCUT2D eigenvalue weighted by Crippen LogP contribution is 2.19. The van der Waals surface area contributed by atoms with Crippen LogP contribution in [0.5, 0.6) is 0 Å². The van der Waals surface area contributed by atoms with Crippen molar-refractivity contribution in [1.82, 2.24) is 5.32 Å². The average molecular weight is 205 g/mol. The van der Waals surface area contributed by atoms with Crippen molar-refractivity contribution in [3.63, 3.8) is 0 Å². The highest BCUT2D eigenvalue weighted by atomic mass is 16.5. The standard InChI is InChI=1S/C13H19NO/c1-2-15-10-12-5-3-4-11(8-12)9-14-13-6-7-13/h3-5,8,13-14H,2,6-7,9-10H2,1H3. The predicted molar refractivity (Wildman–Crippen MR) is 61.6 cm³/mol. The van der Waals surface area contributed by atoms with E-state index in [4.69, 9.17) is 4.74 Å². The second-order valence-corrected chi connectivity index (χ2v) is 4.11. The molecule has 0 bridgehead atoms. The SMILES string of the molecule is CCOCc1cccc(CNC2CC2)c1. The van der Waals surface area contributed by atoms with Crippen molar-refractivity contribution in [2.24, 2.45) is 0 Å². The second-order valence-electron chi connectivity index (χ2n) is 4.11. The minimum atomic E-state index is 0.730. The molecule has 1 fully saturated rings. The van der Waals surface area contributed by atoms with Gasteiger partial charge in [0.25, 0.3) is 0 Å². The fourth-order valence-electron chi connectivity index (χ4n) is 1.60. The Morgan fingerprint density at radius 3 is 2.87 bits per heavy atom. The molecule has 1 saturated carbocycles. The van der Waals surface area contributed by atoms with Gasteiger partial charge in [0.15, 0.2) is 0 Å². The van der Waals surface area contributed by atoms with Gasteiger partial charge in [-0.2, -0.15) is 0 Å². The first-order valence-corrected chi connectivity index (χ1v) is 5.77. The van der Waals surface area contributed by atoms with Crippen molar-refractivity contribution >= 4 is 0 Å². The smallest absolute Gasteiger partial charge is 0.0716 e. The van der Waals surface area contributed by atoms with E-state index >= 15 is 0 Å². The third kappa shape index (κ3) is 3.65. The molecule has 2 heteroatoms. The second kappa shape index (κ2) is 5.29. The Balaban J connectivity index is 1.85. The molecule has 0 saturated heterocycles. The molecule has 0 amide bonds. The molecule has 0 heterocycles. The van der Waals surface area contributed by atoms with Crippen LogP contribution >= 0.6 is 0 Å². The Labute approximate surface area is 91.6 Å². The molecule has 15 heavy (non-hydrogen) atoms. The molecule has 1 N–H and O–H groups in total. The van der Waals surface area contributed by atoms with E-state index in [9.17, 15) is 0 Å². The van der Waals surface area contributed by atoms with E-state index < -0.39 is 0 Å². The van der Waals surface area contributed by atoms with Gasteiger partial charge in [0.1, 0.15) is 0 Å². The Bertz CT molecular complexity index is 307. The van der Waals surface area contributed by atoms with Gasteiger partial charge >= 0.3 is 0 Å². The Kier molecular flexibility index (Phi) is 3.75. The van der Waals surface area contributed by atoms with E-state index in [0.29, 0.717) is 0 Å². The van der Waals surface area contributed by atoms with Crippen LogP contribution < -0.4 is 5.32 Å². The summed E-state index contributed by atoms with van der Waals surface area (Å²) in [7, 11) is 0. The average Bonchev–Trinajstić information content (AvgIpc) is 3.08. The molecule has 1 aliphatic carbocycles. The normalized spacial score (nSPS) is 15.5. The number of benzene rings is 1. The summed E-state index contributed by atoms with van der Waals surface area (Å²) in [6, 6.07) is 9.41. The summed E-state index contributed by atoms with van der Waals surface area (Å²) in [5, 5.41) is 3.52. The summed E-state index contributed by atoms with van der Waals surface area (Å²) in [6.07, 6.45) is 2.69. The molecule has 0 unspecified atom stereocenters. The summed E-state index contributed by atoms with van der Waals surface area (Å²) in [4.78, 5) is 0. The fraction of sp³-hybridized carbons (Fsp3) is 0.538. The predicted octanol–water partition coefficient (Wildman–Crippen LogP) is 2.48. The Hall–Kier alpha value is -0.860. The van der Waals surface area contributed by atoms with Crippen molar-refractivity contribution < 1.29 is 4.74 Å². The van der Waals surface area contributed by atoms with Gasteiger partial charge < -0.3 is 10.1 Å². The molecule has 0 aliphatic heterocycles. The fourth-order valence-corrected chi connectivity index (χ4v) is 1.60. The van der Waals surface area contributed by atoms with Crippen LogP contribution in [0, 0.1) is 0 Å². The van der Waals surface area contributed by atoms with Crippen molar-refractivity contribution in [3.05, 3.63) is 35.4 Å². The van der Waals surface area contributed by atoms with Crippen LogP contribution in [0.15, 0.2) is 24.3 Å². The van der Waals surface area contributed by atoms with Gasteiger partial charge in [-0.25, -0.2) is 0 Å². The van der Waals surface area contributed by atoms with E-state index in [0.717, 1.165) is 25.8 Å². The van der Waals surface area contributed by atoms with Crippen LogP contribution in [0.25, 0.3) is 0 Å². The first kappa shape index (κ1) is 10.7. The van der Waals surface area contributed by atoms with Crippen LogP contribution in [0.3, 0.4) is 0 Å². The first-order chi connectivity index (χ1) is 7.38. The van der Waals surface area contributed by atoms with E-state index in [2.05, 4.69) is 29.6 Å². The molecule has 0 spiro atoms. The van der Waals surface area contributed by atoms with Gasteiger partial charge in [0, 0.05) is 19.2 Å². The number of hydrogen-bond donors (Lipinski definition) is 1. The maximum Gasteiger partial charge on any atom is 0.0716 e. The van der Waals surface area contributed by atoms with Crippen LogP contribution in [-0.2, 0) is 17.9 Å². The highest BCUT2D eigenvalue weighted by molar-refractivity contribution is 5.23. The molecule has 1 aromatic rings. The van der Waals surface area contributed by atoms with Crippen LogP contribution in [0.2, 0.25) is 0 Å². The molecule has 2 nitrogen and oxygen atoms in total. The molecular formula is C13H19NO. The lowest BCUT2D eigenvalue weighted by Gasteiger charge is -2.06. The summed E-state index contributed by atoms with van der Waals surface area (Å²) in [6.45, 7) is 4.53. The molecule has 0 atom stereocenters. The lowest BCUT2D eigenvalue weighted by atomic mass is 10.1. The molecule has 82 valence electrons. The summed E-state index contributed by atoms with van der Waals surface area (Å²) in [5.74, 6) is 0. The molecule has 2 rings (SSSR count). The minimum absolute atomic E-state index is 0.730. The number of nitrogens with one attached hydrogen (secondary N) is 1. The molecule has 1 aromatic carbocycles. The summed E-state index contributed by atoms with van der Waals surface area (Å²) < 4.78 is 5.39. The van der Waals surface area contributed by atoms with E-state index in [1.165, 1.54) is 24.0 Å². The van der Waals surface area contributed by atoms with Gasteiger partial charge in [0.05, 0.1) is 6.61 Å². The third-order valence-electron chi connectivity index (χ3n) is 2.64. The summed E-state index contributed by atoms with van der Waals surface area (Å²) >= 11 is 0. The van der Waals surface area contributed by atoms with Crippen molar-refractivity contribution in [2.45, 2.75) is 39.0 Å². The van der Waals surface area contributed by atoms with Crippen molar-refractivity contribution in [2.75, 3.05) is 6.61 Å². The monoisotopic (exact) mass is 205 g/mol. The van der Waals surface area contributed by atoms with E-state index in [1.807, 2.05) is 6.92 Å². The third-order valence-corrected chi connectivity index (χ3v) is 2.64. The Morgan fingerprint density at radius 2 is 2.13 bits per heavy atom. The van der Waals surface area contributed by atoms with Gasteiger partial charge in [0.2, 0.25) is 0 Å². The van der Waals surface area contributed by atoms with Crippen molar-refractivity contribution in [1.29, 1.82) is 0 Å². The van der Waals surface area contributed by atoms with Gasteiger partial charge in [-0.05, 0) is 30.9 Å². The molecule has 0 radical (unpaired) electrons. The van der Waals surface area contributed by atoms with Crippen LogP contribution in [0.1, 0.15) is 30.9 Å². The van der Waals surface area contributed by atoms with Crippen LogP contribution in [0.4, 0.5) is 0 Å². The maximum absolute atomic E-state index is 5.39. The lowest BCUT2D eigenvalue weighted by molar-refractivity contribution is 0.134. The lowest BCUT2D eigenvalue weighted by Crippen LogP contribution is -2.15. The quantitative estimate of drug-likeness (QED) is 0.770. The van der Waals surface area contributed by atoms with E-state index in [1.54, 1.807) is 0 Å². The molecule has 1 aliphatic rings. The minimum Gasteiger partial charge on any atom is -0.377 e. The van der Waals surface area contributed by atoms with Crippen molar-refractivity contribution in [3.8, 4) is 0 Å². The number of hydrogen-bond acceptors (Lipinski definition) is 2. The molecule has 0 aromatic heterocycles. The zero-order valence-corrected chi connectivity index (χ0v) is 9.33. The first-order valence-electron chi connectivity index (χ1n) is 5.77. The van der Waals surface area contributed by atoms with E-state index in [-0.39, 0.29) is 0 Å². The Morgan fingerprint density at radius 1 is 1.33 bits per heavy atom.